The second kappa shape index (κ2) is 5.77. The van der Waals surface area contributed by atoms with Gasteiger partial charge in [0.15, 0.2) is 0 Å². The van der Waals surface area contributed by atoms with E-state index in [9.17, 15) is 9.59 Å². The summed E-state index contributed by atoms with van der Waals surface area (Å²) in [6.07, 6.45) is 3.34. The van der Waals surface area contributed by atoms with Crippen molar-refractivity contribution in [1.82, 2.24) is 4.98 Å². The van der Waals surface area contributed by atoms with Crippen molar-refractivity contribution in [2.45, 2.75) is 25.0 Å². The zero-order valence-electron chi connectivity index (χ0n) is 10.2. The fourth-order valence-corrected chi connectivity index (χ4v) is 1.92. The van der Waals surface area contributed by atoms with E-state index in [4.69, 9.17) is 15.6 Å². The molecule has 1 aliphatic rings. The van der Waals surface area contributed by atoms with Crippen molar-refractivity contribution in [2.75, 3.05) is 11.9 Å². The summed E-state index contributed by atoms with van der Waals surface area (Å²) in [5.41, 5.74) is 5.83. The van der Waals surface area contributed by atoms with E-state index in [2.05, 4.69) is 10.3 Å². The third-order valence-electron chi connectivity index (χ3n) is 2.92. The molecular weight excluding hydrogens is 250 g/mol. The Hall–Kier alpha value is -1.99. The number of hydrogen-bond acceptors (Lipinski definition) is 5. The van der Waals surface area contributed by atoms with Gasteiger partial charge in [-0.05, 0) is 18.9 Å². The first-order valence-corrected chi connectivity index (χ1v) is 5.95. The maximum atomic E-state index is 11.9. The molecular formula is C12H15N3O4. The molecule has 0 bridgehead atoms. The van der Waals surface area contributed by atoms with Crippen molar-refractivity contribution >= 4 is 17.6 Å². The third-order valence-corrected chi connectivity index (χ3v) is 2.92. The number of carbonyl (C=O) groups is 2. The van der Waals surface area contributed by atoms with Gasteiger partial charge in [0.25, 0.3) is 5.91 Å². The highest BCUT2D eigenvalue weighted by Gasteiger charge is 2.29. The van der Waals surface area contributed by atoms with Gasteiger partial charge in [-0.15, -0.1) is 0 Å². The van der Waals surface area contributed by atoms with E-state index in [1.54, 1.807) is 0 Å². The lowest BCUT2D eigenvalue weighted by molar-refractivity contribution is -0.126. The van der Waals surface area contributed by atoms with Gasteiger partial charge in [0.1, 0.15) is 6.10 Å². The van der Waals surface area contributed by atoms with Crippen molar-refractivity contribution < 1.29 is 19.4 Å². The van der Waals surface area contributed by atoms with E-state index >= 15 is 0 Å². The number of carboxylic acid groups (broad SMARTS) is 1. The molecule has 0 aliphatic carbocycles. The van der Waals surface area contributed by atoms with Crippen molar-refractivity contribution in [3.63, 3.8) is 0 Å². The number of carboxylic acids is 1. The number of anilines is 1. The maximum Gasteiger partial charge on any atom is 0.337 e. The number of nitrogens with two attached hydrogens (primary N) is 1. The highest BCUT2D eigenvalue weighted by molar-refractivity contribution is 5.95. The lowest BCUT2D eigenvalue weighted by Crippen LogP contribution is -2.29. The molecule has 0 radical (unpaired) electrons. The topological polar surface area (TPSA) is 115 Å². The molecule has 0 spiro atoms. The van der Waals surface area contributed by atoms with Crippen LogP contribution in [0.25, 0.3) is 0 Å². The van der Waals surface area contributed by atoms with Crippen LogP contribution in [0.4, 0.5) is 5.69 Å². The van der Waals surface area contributed by atoms with Crippen molar-refractivity contribution in [2.24, 2.45) is 5.73 Å². The molecule has 2 atom stereocenters. The Bertz CT molecular complexity index is 492. The first kappa shape index (κ1) is 13.4. The third kappa shape index (κ3) is 3.27. The van der Waals surface area contributed by atoms with Crippen LogP contribution >= 0.6 is 0 Å². The molecule has 7 nitrogen and oxygen atoms in total. The molecule has 1 saturated heterocycles. The summed E-state index contributed by atoms with van der Waals surface area (Å²) in [4.78, 5) is 26.5. The largest absolute Gasteiger partial charge is 0.478 e. The molecule has 7 heteroatoms. The number of aromatic nitrogens is 1. The molecule has 2 heterocycles. The Morgan fingerprint density at radius 2 is 2.26 bits per heavy atom. The van der Waals surface area contributed by atoms with Crippen LogP contribution in [0.1, 0.15) is 23.2 Å². The lowest BCUT2D eigenvalue weighted by Gasteiger charge is -2.12. The summed E-state index contributed by atoms with van der Waals surface area (Å²) >= 11 is 0. The Balaban J connectivity index is 1.99. The quantitative estimate of drug-likeness (QED) is 0.717. The number of nitrogens with zero attached hydrogens (tertiary/aromatic N) is 1. The van der Waals surface area contributed by atoms with Gasteiger partial charge in [-0.25, -0.2) is 4.79 Å². The smallest absolute Gasteiger partial charge is 0.337 e. The number of amides is 1. The number of rotatable bonds is 4. The summed E-state index contributed by atoms with van der Waals surface area (Å²) < 4.78 is 5.45. The zero-order chi connectivity index (χ0) is 13.8. The summed E-state index contributed by atoms with van der Waals surface area (Å²) in [7, 11) is 0. The lowest BCUT2D eigenvalue weighted by atomic mass is 10.2. The monoisotopic (exact) mass is 265 g/mol. The van der Waals surface area contributed by atoms with Crippen molar-refractivity contribution in [3.05, 3.63) is 24.0 Å². The number of aromatic carboxylic acids is 1. The number of pyridine rings is 1. The molecule has 1 aromatic heterocycles. The summed E-state index contributed by atoms with van der Waals surface area (Å²) in [6, 6.07) is 1.35. The van der Waals surface area contributed by atoms with Gasteiger partial charge in [0.2, 0.25) is 0 Å². The van der Waals surface area contributed by atoms with E-state index in [0.29, 0.717) is 18.7 Å². The number of carbonyl (C=O) groups excluding carboxylic acids is 1. The molecule has 0 aromatic carbocycles. The summed E-state index contributed by atoms with van der Waals surface area (Å²) in [5, 5.41) is 11.4. The van der Waals surface area contributed by atoms with Gasteiger partial charge < -0.3 is 20.9 Å². The molecule has 2 unspecified atom stereocenters. The highest BCUT2D eigenvalue weighted by Crippen LogP contribution is 2.20. The average Bonchev–Trinajstić information content (AvgIpc) is 2.88. The maximum absolute atomic E-state index is 11.9. The average molecular weight is 265 g/mol. The molecule has 1 amide bonds. The van der Waals surface area contributed by atoms with Crippen molar-refractivity contribution in [1.29, 1.82) is 0 Å². The fraction of sp³-hybridized carbons (Fsp3) is 0.417. The number of hydrogen-bond donors (Lipinski definition) is 3. The first-order valence-electron chi connectivity index (χ1n) is 5.95. The van der Waals surface area contributed by atoms with E-state index in [-0.39, 0.29) is 17.6 Å². The Labute approximate surface area is 109 Å². The van der Waals surface area contributed by atoms with Crippen molar-refractivity contribution in [3.8, 4) is 0 Å². The number of ether oxygens (including phenoxy) is 1. The normalized spacial score (nSPS) is 22.2. The SMILES string of the molecule is NCC1CCC(C(=O)Nc2cncc(C(=O)O)c2)O1. The van der Waals surface area contributed by atoms with Gasteiger partial charge in [0.05, 0.1) is 23.6 Å². The van der Waals surface area contributed by atoms with E-state index in [1.165, 1.54) is 18.5 Å². The van der Waals surface area contributed by atoms with Crippen LogP contribution in [0.3, 0.4) is 0 Å². The molecule has 1 aromatic rings. The minimum atomic E-state index is -1.09. The van der Waals surface area contributed by atoms with Crippen LogP contribution < -0.4 is 11.1 Å². The Kier molecular flexibility index (Phi) is 4.08. The first-order chi connectivity index (χ1) is 9.10. The second-order valence-electron chi connectivity index (χ2n) is 4.32. The second-order valence-corrected chi connectivity index (χ2v) is 4.32. The molecule has 102 valence electrons. The standard InChI is InChI=1S/C12H15N3O4/c13-4-9-1-2-10(19-9)11(16)15-8-3-7(12(17)18)5-14-6-8/h3,5-6,9-10H,1-2,4,13H2,(H,15,16)(H,17,18). The molecule has 0 saturated carbocycles. The Morgan fingerprint density at radius 3 is 2.89 bits per heavy atom. The van der Waals surface area contributed by atoms with Crippen LogP contribution in [-0.2, 0) is 9.53 Å². The highest BCUT2D eigenvalue weighted by atomic mass is 16.5. The molecule has 1 aliphatic heterocycles. The van der Waals surface area contributed by atoms with Crippen LogP contribution in [-0.4, -0.2) is 40.7 Å². The zero-order valence-corrected chi connectivity index (χ0v) is 10.2. The fourth-order valence-electron chi connectivity index (χ4n) is 1.92. The summed E-state index contributed by atoms with van der Waals surface area (Å²) in [6.45, 7) is 0.389. The molecule has 2 rings (SSSR count). The predicted molar refractivity (Wildman–Crippen MR) is 66.8 cm³/mol. The van der Waals surface area contributed by atoms with Gasteiger partial charge in [-0.3, -0.25) is 9.78 Å². The number of nitrogens with one attached hydrogen (secondary N) is 1. The minimum absolute atomic E-state index is 0.0185. The van der Waals surface area contributed by atoms with Crippen LogP contribution in [0.5, 0.6) is 0 Å². The van der Waals surface area contributed by atoms with Gasteiger partial charge >= 0.3 is 5.97 Å². The summed E-state index contributed by atoms with van der Waals surface area (Å²) in [5.74, 6) is -1.40. The van der Waals surface area contributed by atoms with Crippen LogP contribution in [0.2, 0.25) is 0 Å². The van der Waals surface area contributed by atoms with E-state index < -0.39 is 12.1 Å². The predicted octanol–water partition coefficient (Wildman–Crippen LogP) is 0.225. The molecule has 1 fully saturated rings. The van der Waals surface area contributed by atoms with Gasteiger partial charge in [-0.2, -0.15) is 0 Å². The van der Waals surface area contributed by atoms with Gasteiger partial charge in [0, 0.05) is 12.7 Å². The Morgan fingerprint density at radius 1 is 1.47 bits per heavy atom. The van der Waals surface area contributed by atoms with E-state index in [1.807, 2.05) is 0 Å². The van der Waals surface area contributed by atoms with Crippen LogP contribution in [0, 0.1) is 0 Å². The molecule has 19 heavy (non-hydrogen) atoms. The van der Waals surface area contributed by atoms with Gasteiger partial charge in [-0.1, -0.05) is 0 Å². The van der Waals surface area contributed by atoms with Crippen LogP contribution in [0.15, 0.2) is 18.5 Å². The minimum Gasteiger partial charge on any atom is -0.478 e. The van der Waals surface area contributed by atoms with E-state index in [0.717, 1.165) is 6.42 Å². The molecule has 4 N–H and O–H groups in total.